The second-order valence-corrected chi connectivity index (χ2v) is 5.58. The van der Waals surface area contributed by atoms with Gasteiger partial charge in [-0.05, 0) is 31.7 Å². The first-order chi connectivity index (χ1) is 7.55. The van der Waals surface area contributed by atoms with E-state index in [1.54, 1.807) is 6.20 Å². The molecule has 1 saturated heterocycles. The van der Waals surface area contributed by atoms with Crippen LogP contribution in [0.5, 0.6) is 0 Å². The molecule has 0 aromatic carbocycles. The highest BCUT2D eigenvalue weighted by Crippen LogP contribution is 2.39. The minimum atomic E-state index is 0.0382. The van der Waals surface area contributed by atoms with Crippen molar-refractivity contribution in [3.05, 3.63) is 16.9 Å². The van der Waals surface area contributed by atoms with Crippen molar-refractivity contribution in [2.24, 2.45) is 13.0 Å². The van der Waals surface area contributed by atoms with Gasteiger partial charge in [0, 0.05) is 7.05 Å². The molecule has 3 nitrogen and oxygen atoms in total. The molecule has 0 aliphatic carbocycles. The van der Waals surface area contributed by atoms with Crippen LogP contribution < -0.4 is 5.32 Å². The zero-order valence-corrected chi connectivity index (χ0v) is 11.0. The van der Waals surface area contributed by atoms with Gasteiger partial charge in [0.1, 0.15) is 0 Å². The summed E-state index contributed by atoms with van der Waals surface area (Å²) in [6.45, 7) is 5.59. The van der Waals surface area contributed by atoms with Gasteiger partial charge >= 0.3 is 0 Å². The van der Waals surface area contributed by atoms with Crippen LogP contribution in [-0.2, 0) is 12.6 Å². The van der Waals surface area contributed by atoms with E-state index < -0.39 is 0 Å². The van der Waals surface area contributed by atoms with Crippen LogP contribution >= 0.6 is 11.6 Å². The molecule has 0 radical (unpaired) electrons. The molecule has 0 saturated carbocycles. The van der Waals surface area contributed by atoms with E-state index in [-0.39, 0.29) is 5.54 Å². The Bertz CT molecular complexity index is 345. The summed E-state index contributed by atoms with van der Waals surface area (Å²) in [5.74, 6) is 0.650. The van der Waals surface area contributed by atoms with Gasteiger partial charge < -0.3 is 5.32 Å². The molecular formula is C12H20ClN3. The third-order valence-electron chi connectivity index (χ3n) is 3.35. The fourth-order valence-corrected chi connectivity index (χ4v) is 3.27. The van der Waals surface area contributed by atoms with E-state index in [1.807, 2.05) is 11.7 Å². The lowest BCUT2D eigenvalue weighted by molar-refractivity contribution is 0.292. The van der Waals surface area contributed by atoms with Crippen molar-refractivity contribution in [1.82, 2.24) is 15.1 Å². The molecule has 1 N–H and O–H groups in total. The Hall–Kier alpha value is -0.540. The molecule has 1 aliphatic heterocycles. The second kappa shape index (κ2) is 4.38. The van der Waals surface area contributed by atoms with Gasteiger partial charge in [-0.2, -0.15) is 5.10 Å². The number of nitrogens with one attached hydrogen (secondary N) is 1. The monoisotopic (exact) mass is 241 g/mol. The molecule has 1 aromatic heterocycles. The molecule has 16 heavy (non-hydrogen) atoms. The Kier molecular flexibility index (Phi) is 3.27. The van der Waals surface area contributed by atoms with Gasteiger partial charge in [-0.15, -0.1) is 0 Å². The van der Waals surface area contributed by atoms with E-state index in [4.69, 9.17) is 11.6 Å². The molecule has 1 fully saturated rings. The Labute approximate surface area is 102 Å². The minimum absolute atomic E-state index is 0.0382. The lowest BCUT2D eigenvalue weighted by atomic mass is 9.84. The van der Waals surface area contributed by atoms with Gasteiger partial charge in [-0.1, -0.05) is 25.4 Å². The largest absolute Gasteiger partial charge is 0.306 e. The summed E-state index contributed by atoms with van der Waals surface area (Å²) >= 11 is 6.27. The number of nitrogens with zero attached hydrogens (tertiary/aromatic N) is 2. The molecule has 2 rings (SSSR count). The first-order valence-electron chi connectivity index (χ1n) is 5.98. The minimum Gasteiger partial charge on any atom is -0.306 e. The summed E-state index contributed by atoms with van der Waals surface area (Å²) in [4.78, 5) is 0. The molecule has 0 amide bonds. The van der Waals surface area contributed by atoms with E-state index in [1.165, 1.54) is 6.42 Å². The molecular weight excluding hydrogens is 222 g/mol. The highest BCUT2D eigenvalue weighted by Gasteiger charge is 2.39. The van der Waals surface area contributed by atoms with Crippen molar-refractivity contribution < 1.29 is 0 Å². The second-order valence-electron chi connectivity index (χ2n) is 5.18. The molecule has 0 bridgehead atoms. The summed E-state index contributed by atoms with van der Waals surface area (Å²) in [6, 6.07) is 0. The lowest BCUT2D eigenvalue weighted by Gasteiger charge is -2.32. The van der Waals surface area contributed by atoms with Gasteiger partial charge in [-0.25, -0.2) is 0 Å². The van der Waals surface area contributed by atoms with Gasteiger partial charge in [0.05, 0.1) is 22.5 Å². The highest BCUT2D eigenvalue weighted by molar-refractivity contribution is 6.31. The smallest absolute Gasteiger partial charge is 0.0837 e. The number of hydrogen-bond donors (Lipinski definition) is 1. The Morgan fingerprint density at radius 1 is 1.62 bits per heavy atom. The maximum atomic E-state index is 6.27. The number of hydrogen-bond acceptors (Lipinski definition) is 2. The molecule has 0 spiro atoms. The molecule has 1 unspecified atom stereocenters. The quantitative estimate of drug-likeness (QED) is 0.882. The van der Waals surface area contributed by atoms with Crippen LogP contribution in [0.15, 0.2) is 6.20 Å². The Balaban J connectivity index is 2.39. The van der Waals surface area contributed by atoms with Crippen LogP contribution in [0.3, 0.4) is 0 Å². The van der Waals surface area contributed by atoms with Gasteiger partial charge in [0.2, 0.25) is 0 Å². The number of halogens is 1. The van der Waals surface area contributed by atoms with Crippen LogP contribution in [0.4, 0.5) is 0 Å². The van der Waals surface area contributed by atoms with Crippen LogP contribution in [0.25, 0.3) is 0 Å². The topological polar surface area (TPSA) is 29.9 Å². The lowest BCUT2D eigenvalue weighted by Crippen LogP contribution is -2.40. The zero-order chi connectivity index (χ0) is 11.8. The van der Waals surface area contributed by atoms with E-state index >= 15 is 0 Å². The van der Waals surface area contributed by atoms with Crippen LogP contribution in [0, 0.1) is 5.92 Å². The SMILES string of the molecule is CC(C)CC1(c2c(Cl)cnn2C)CCCN1. The average molecular weight is 242 g/mol. The van der Waals surface area contributed by atoms with Crippen molar-refractivity contribution in [3.8, 4) is 0 Å². The predicted molar refractivity (Wildman–Crippen MR) is 66.6 cm³/mol. The van der Waals surface area contributed by atoms with Crippen LogP contribution in [0.1, 0.15) is 38.8 Å². The van der Waals surface area contributed by atoms with Gasteiger partial charge in [0.25, 0.3) is 0 Å². The molecule has 2 heterocycles. The summed E-state index contributed by atoms with van der Waals surface area (Å²) in [7, 11) is 1.98. The fraction of sp³-hybridized carbons (Fsp3) is 0.750. The van der Waals surface area contributed by atoms with Crippen molar-refractivity contribution in [3.63, 3.8) is 0 Å². The standard InChI is InChI=1S/C12H20ClN3/c1-9(2)7-12(5-4-6-14-12)11-10(13)8-15-16(11)3/h8-9,14H,4-7H2,1-3H3. The zero-order valence-electron chi connectivity index (χ0n) is 10.3. The number of rotatable bonds is 3. The maximum Gasteiger partial charge on any atom is 0.0837 e. The van der Waals surface area contributed by atoms with Crippen molar-refractivity contribution in [1.29, 1.82) is 0 Å². The fourth-order valence-electron chi connectivity index (χ4n) is 2.93. The molecule has 4 heteroatoms. The molecule has 1 aromatic rings. The Morgan fingerprint density at radius 2 is 2.38 bits per heavy atom. The van der Waals surface area contributed by atoms with E-state index in [0.29, 0.717) is 5.92 Å². The number of aromatic nitrogens is 2. The van der Waals surface area contributed by atoms with Crippen molar-refractivity contribution >= 4 is 11.6 Å². The Morgan fingerprint density at radius 3 is 2.81 bits per heavy atom. The first-order valence-corrected chi connectivity index (χ1v) is 6.36. The molecule has 90 valence electrons. The van der Waals surface area contributed by atoms with Crippen molar-refractivity contribution in [2.45, 2.75) is 38.6 Å². The third kappa shape index (κ3) is 1.98. The predicted octanol–water partition coefficient (Wildman–Crippen LogP) is 2.70. The summed E-state index contributed by atoms with van der Waals surface area (Å²) in [5, 5.41) is 8.69. The van der Waals surface area contributed by atoms with Gasteiger partial charge in [-0.3, -0.25) is 4.68 Å². The normalized spacial score (nSPS) is 25.6. The van der Waals surface area contributed by atoms with E-state index in [9.17, 15) is 0 Å². The summed E-state index contributed by atoms with van der Waals surface area (Å²) < 4.78 is 1.92. The number of aryl methyl sites for hydroxylation is 1. The van der Waals surface area contributed by atoms with E-state index in [0.717, 1.165) is 30.1 Å². The average Bonchev–Trinajstić information content (AvgIpc) is 2.74. The summed E-state index contributed by atoms with van der Waals surface area (Å²) in [6.07, 6.45) is 5.24. The van der Waals surface area contributed by atoms with E-state index in [2.05, 4.69) is 24.3 Å². The molecule has 1 atom stereocenters. The first kappa shape index (κ1) is 11.9. The van der Waals surface area contributed by atoms with Crippen LogP contribution in [0.2, 0.25) is 5.02 Å². The molecule has 1 aliphatic rings. The highest BCUT2D eigenvalue weighted by atomic mass is 35.5. The summed E-state index contributed by atoms with van der Waals surface area (Å²) in [5.41, 5.74) is 1.19. The maximum absolute atomic E-state index is 6.27. The van der Waals surface area contributed by atoms with Crippen molar-refractivity contribution in [2.75, 3.05) is 6.54 Å². The third-order valence-corrected chi connectivity index (χ3v) is 3.62. The van der Waals surface area contributed by atoms with Crippen LogP contribution in [-0.4, -0.2) is 16.3 Å². The van der Waals surface area contributed by atoms with Gasteiger partial charge in [0.15, 0.2) is 0 Å².